The van der Waals surface area contributed by atoms with Crippen LogP contribution in [0.2, 0.25) is 0 Å². The Bertz CT molecular complexity index is 547. The van der Waals surface area contributed by atoms with Crippen molar-refractivity contribution in [1.29, 1.82) is 0 Å². The molecule has 0 radical (unpaired) electrons. The molecule has 0 fully saturated rings. The molecule has 0 saturated heterocycles. The minimum absolute atomic E-state index is 0.00933. The lowest BCUT2D eigenvalue weighted by molar-refractivity contribution is -0.136. The number of aromatic nitrogens is 2. The van der Waals surface area contributed by atoms with Crippen molar-refractivity contribution in [3.8, 4) is 0 Å². The van der Waals surface area contributed by atoms with Crippen LogP contribution in [0, 0.1) is 0 Å². The Morgan fingerprint density at radius 2 is 1.76 bits per heavy atom. The van der Waals surface area contributed by atoms with E-state index in [-0.39, 0.29) is 10.9 Å². The Balaban J connectivity index is 2.74. The molecule has 0 saturated carbocycles. The first-order chi connectivity index (χ1) is 7.71. The van der Waals surface area contributed by atoms with Crippen molar-refractivity contribution in [2.75, 3.05) is 0 Å². The van der Waals surface area contributed by atoms with Crippen LogP contribution in [0.4, 0.5) is 13.2 Å². The molecule has 0 aliphatic carbocycles. The van der Waals surface area contributed by atoms with Gasteiger partial charge in [-0.05, 0) is 6.07 Å². The molecule has 17 heavy (non-hydrogen) atoms. The third-order valence-corrected chi connectivity index (χ3v) is 2.64. The minimum atomic E-state index is -4.37. The first kappa shape index (κ1) is 12.0. The van der Waals surface area contributed by atoms with Crippen molar-refractivity contribution in [1.82, 2.24) is 10.2 Å². The average Bonchev–Trinajstić information content (AvgIpc) is 2.57. The summed E-state index contributed by atoms with van der Waals surface area (Å²) in [5.74, 6) is 0. The van der Waals surface area contributed by atoms with Gasteiger partial charge in [0.1, 0.15) is 5.52 Å². The number of hydrogen-bond donors (Lipinski definition) is 1. The predicted molar refractivity (Wildman–Crippen MR) is 59.8 cm³/mol. The molecule has 1 N–H and O–H groups in total. The Morgan fingerprint density at radius 1 is 1.12 bits per heavy atom. The Morgan fingerprint density at radius 3 is 2.29 bits per heavy atom. The summed E-state index contributed by atoms with van der Waals surface area (Å²) in [5, 5.41) is 7.06. The number of hydrogen-bond acceptors (Lipinski definition) is 1. The summed E-state index contributed by atoms with van der Waals surface area (Å²) < 4.78 is 38.3. The lowest BCUT2D eigenvalue weighted by Crippen LogP contribution is -2.12. The zero-order chi connectivity index (χ0) is 12.8. The molecule has 0 aliphatic heterocycles. The number of nitrogens with one attached hydrogen (secondary N) is 1. The monoisotopic (exact) mass is 242 g/mol. The van der Waals surface area contributed by atoms with Gasteiger partial charge in [-0.25, -0.2) is 0 Å². The maximum atomic E-state index is 12.8. The van der Waals surface area contributed by atoms with Crippen LogP contribution < -0.4 is 0 Å². The normalized spacial score (nSPS) is 13.3. The van der Waals surface area contributed by atoms with Crippen molar-refractivity contribution in [3.05, 3.63) is 29.5 Å². The summed E-state index contributed by atoms with van der Waals surface area (Å²) in [5.41, 5.74) is -0.246. The summed E-state index contributed by atoms with van der Waals surface area (Å²) >= 11 is 0. The summed E-state index contributed by atoms with van der Waals surface area (Å²) in [4.78, 5) is 0. The summed E-state index contributed by atoms with van der Waals surface area (Å²) in [7, 11) is 0. The van der Waals surface area contributed by atoms with Crippen LogP contribution in [-0.2, 0) is 11.6 Å². The van der Waals surface area contributed by atoms with Gasteiger partial charge in [0.05, 0.1) is 5.56 Å². The fourth-order valence-electron chi connectivity index (χ4n) is 1.84. The molecular weight excluding hydrogens is 229 g/mol. The Kier molecular flexibility index (Phi) is 2.45. The second-order valence-electron chi connectivity index (χ2n) is 5.05. The van der Waals surface area contributed by atoms with Crippen molar-refractivity contribution < 1.29 is 13.2 Å². The second kappa shape index (κ2) is 3.48. The number of fused-ring (bicyclic) bond motifs is 1. The zero-order valence-electron chi connectivity index (χ0n) is 9.81. The summed E-state index contributed by atoms with van der Waals surface area (Å²) in [6.07, 6.45) is -4.37. The molecule has 0 bridgehead atoms. The quantitative estimate of drug-likeness (QED) is 0.746. The molecule has 0 amide bonds. The summed E-state index contributed by atoms with van der Waals surface area (Å²) in [6.45, 7) is 5.79. The molecule has 1 aromatic carbocycles. The number of para-hydroxylation sites is 1. The minimum Gasteiger partial charge on any atom is -0.281 e. The standard InChI is InChI=1S/C12H13F3N2/c1-11(2,3)10-7-5-4-6-8(12(13,14)15)9(7)16-17-10/h4-6H,1-3H3,(H,16,17). The topological polar surface area (TPSA) is 28.7 Å². The molecule has 0 aliphatic rings. The highest BCUT2D eigenvalue weighted by Crippen LogP contribution is 2.36. The van der Waals surface area contributed by atoms with Gasteiger partial charge in [-0.1, -0.05) is 32.9 Å². The van der Waals surface area contributed by atoms with Gasteiger partial charge in [-0.15, -0.1) is 0 Å². The van der Waals surface area contributed by atoms with Crippen molar-refractivity contribution in [3.63, 3.8) is 0 Å². The SMILES string of the molecule is CC(C)(C)c1[nH]nc2c(C(F)(F)F)cccc12. The van der Waals surface area contributed by atoms with Gasteiger partial charge in [0, 0.05) is 16.5 Å². The molecule has 5 heteroatoms. The van der Waals surface area contributed by atoms with Gasteiger partial charge in [-0.3, -0.25) is 5.10 Å². The lowest BCUT2D eigenvalue weighted by Gasteiger charge is -2.16. The molecule has 92 valence electrons. The molecule has 0 unspecified atom stereocenters. The van der Waals surface area contributed by atoms with Crippen LogP contribution in [0.3, 0.4) is 0 Å². The zero-order valence-corrected chi connectivity index (χ0v) is 9.81. The molecule has 1 aromatic heterocycles. The Hall–Kier alpha value is -1.52. The van der Waals surface area contributed by atoms with Crippen LogP contribution in [0.25, 0.3) is 10.9 Å². The smallest absolute Gasteiger partial charge is 0.281 e. The number of alkyl halides is 3. The molecule has 0 spiro atoms. The summed E-state index contributed by atoms with van der Waals surface area (Å²) in [6, 6.07) is 4.13. The van der Waals surface area contributed by atoms with E-state index >= 15 is 0 Å². The van der Waals surface area contributed by atoms with Crippen LogP contribution >= 0.6 is 0 Å². The van der Waals surface area contributed by atoms with Crippen molar-refractivity contribution in [2.24, 2.45) is 0 Å². The number of H-pyrrole nitrogens is 1. The number of rotatable bonds is 0. The van der Waals surface area contributed by atoms with Crippen LogP contribution in [0.5, 0.6) is 0 Å². The molecule has 0 atom stereocenters. The molecule has 2 nitrogen and oxygen atoms in total. The fourth-order valence-corrected chi connectivity index (χ4v) is 1.84. The lowest BCUT2D eigenvalue weighted by atomic mass is 9.89. The largest absolute Gasteiger partial charge is 0.418 e. The molecule has 2 rings (SSSR count). The highest BCUT2D eigenvalue weighted by Gasteiger charge is 2.34. The van der Waals surface area contributed by atoms with Gasteiger partial charge >= 0.3 is 6.18 Å². The van der Waals surface area contributed by atoms with E-state index in [2.05, 4.69) is 10.2 Å². The van der Waals surface area contributed by atoms with Crippen LogP contribution in [-0.4, -0.2) is 10.2 Å². The number of aromatic amines is 1. The molecular formula is C12H13F3N2. The second-order valence-corrected chi connectivity index (χ2v) is 5.05. The van der Waals surface area contributed by atoms with Crippen molar-refractivity contribution >= 4 is 10.9 Å². The average molecular weight is 242 g/mol. The van der Waals surface area contributed by atoms with E-state index in [4.69, 9.17) is 0 Å². The number of halogens is 3. The number of nitrogens with zero attached hydrogens (tertiary/aromatic N) is 1. The van der Waals surface area contributed by atoms with Gasteiger partial charge in [0.25, 0.3) is 0 Å². The highest BCUT2D eigenvalue weighted by molar-refractivity contribution is 5.85. The van der Waals surface area contributed by atoms with Gasteiger partial charge in [0.15, 0.2) is 0 Å². The first-order valence-corrected chi connectivity index (χ1v) is 5.26. The highest BCUT2D eigenvalue weighted by atomic mass is 19.4. The van der Waals surface area contributed by atoms with Crippen LogP contribution in [0.15, 0.2) is 18.2 Å². The van der Waals surface area contributed by atoms with Crippen molar-refractivity contribution in [2.45, 2.75) is 32.4 Å². The van der Waals surface area contributed by atoms with Gasteiger partial charge in [-0.2, -0.15) is 18.3 Å². The first-order valence-electron chi connectivity index (χ1n) is 5.26. The molecule has 2 aromatic rings. The molecule has 1 heterocycles. The van der Waals surface area contributed by atoms with Gasteiger partial charge < -0.3 is 0 Å². The van der Waals surface area contributed by atoms with E-state index < -0.39 is 11.7 Å². The maximum Gasteiger partial charge on any atom is 0.418 e. The van der Waals surface area contributed by atoms with E-state index in [9.17, 15) is 13.2 Å². The van der Waals surface area contributed by atoms with Crippen LogP contribution in [0.1, 0.15) is 32.0 Å². The number of benzene rings is 1. The fraction of sp³-hybridized carbons (Fsp3) is 0.417. The van der Waals surface area contributed by atoms with E-state index in [0.717, 1.165) is 11.8 Å². The van der Waals surface area contributed by atoms with E-state index in [1.54, 1.807) is 6.07 Å². The van der Waals surface area contributed by atoms with E-state index in [0.29, 0.717) is 5.39 Å². The third kappa shape index (κ3) is 2.01. The Labute approximate surface area is 96.8 Å². The van der Waals surface area contributed by atoms with E-state index in [1.807, 2.05) is 20.8 Å². The maximum absolute atomic E-state index is 12.8. The van der Waals surface area contributed by atoms with E-state index in [1.165, 1.54) is 6.07 Å². The predicted octanol–water partition coefficient (Wildman–Crippen LogP) is 3.88. The third-order valence-electron chi connectivity index (χ3n) is 2.64. The van der Waals surface area contributed by atoms with Gasteiger partial charge in [0.2, 0.25) is 0 Å².